The van der Waals surface area contributed by atoms with Crippen LogP contribution in [0.3, 0.4) is 0 Å². The molecule has 2 aliphatic carbocycles. The zero-order chi connectivity index (χ0) is 34.4. The molecule has 1 saturated heterocycles. The number of imide groups is 1. The molecule has 0 aromatic heterocycles. The number of unbranched alkanes of at least 4 members (excludes halogenated alkanes) is 2. The van der Waals surface area contributed by atoms with Crippen molar-refractivity contribution in [1.82, 2.24) is 26.3 Å². The van der Waals surface area contributed by atoms with Crippen LogP contribution in [-0.4, -0.2) is 70.1 Å². The number of hydrogen-bond donors (Lipinski definition) is 4. The van der Waals surface area contributed by atoms with Gasteiger partial charge in [0.2, 0.25) is 23.6 Å². The Hall–Kier alpha value is -3.51. The minimum Gasteiger partial charge on any atom is -0.354 e. The van der Waals surface area contributed by atoms with Gasteiger partial charge in [0.15, 0.2) is 0 Å². The predicted octanol–water partition coefficient (Wildman–Crippen LogP) is 2.27. The Bertz CT molecular complexity index is 1190. The highest BCUT2D eigenvalue weighted by atomic mass is 16.7. The third kappa shape index (κ3) is 8.85. The van der Waals surface area contributed by atoms with Gasteiger partial charge in [-0.3, -0.25) is 28.8 Å². The van der Waals surface area contributed by atoms with Crippen LogP contribution in [-0.2, 0) is 38.4 Å². The van der Waals surface area contributed by atoms with E-state index >= 15 is 0 Å². The van der Waals surface area contributed by atoms with Crippen molar-refractivity contribution < 1.29 is 38.4 Å². The molecule has 3 rings (SSSR count). The minimum atomic E-state index is -1.09. The van der Waals surface area contributed by atoms with Crippen LogP contribution in [0.1, 0.15) is 113 Å². The molecule has 0 bridgehead atoms. The van der Waals surface area contributed by atoms with Crippen molar-refractivity contribution in [3.63, 3.8) is 0 Å². The Kier molecular flexibility index (Phi) is 12.4. The zero-order valence-electron chi connectivity index (χ0n) is 28.5. The Morgan fingerprint density at radius 2 is 1.39 bits per heavy atom. The number of carbonyl (C=O) groups is 7. The summed E-state index contributed by atoms with van der Waals surface area (Å²) in [5.74, 6) is -2.70. The Balaban J connectivity index is 1.55. The fourth-order valence-corrected chi connectivity index (χ4v) is 6.48. The molecule has 46 heavy (non-hydrogen) atoms. The van der Waals surface area contributed by atoms with Crippen molar-refractivity contribution in [2.75, 3.05) is 6.54 Å². The van der Waals surface area contributed by atoms with E-state index in [4.69, 9.17) is 4.84 Å². The predicted molar refractivity (Wildman–Crippen MR) is 168 cm³/mol. The molecule has 4 N–H and O–H groups in total. The second-order valence-corrected chi connectivity index (χ2v) is 14.2. The van der Waals surface area contributed by atoms with E-state index in [-0.39, 0.29) is 73.0 Å². The van der Waals surface area contributed by atoms with Gasteiger partial charge in [0.25, 0.3) is 11.8 Å². The van der Waals surface area contributed by atoms with E-state index < -0.39 is 40.8 Å². The van der Waals surface area contributed by atoms with Gasteiger partial charge in [-0.15, -0.1) is 5.06 Å². The van der Waals surface area contributed by atoms with E-state index in [9.17, 15) is 33.6 Å². The Labute approximate surface area is 272 Å². The molecule has 4 unspecified atom stereocenters. The van der Waals surface area contributed by atoms with Crippen molar-refractivity contribution in [1.29, 1.82) is 0 Å². The number of hydrogen-bond acceptors (Lipinski definition) is 8. The van der Waals surface area contributed by atoms with Crippen LogP contribution in [0.2, 0.25) is 0 Å². The highest BCUT2D eigenvalue weighted by molar-refractivity contribution is 6.02. The fourth-order valence-electron chi connectivity index (χ4n) is 6.48. The van der Waals surface area contributed by atoms with E-state index in [0.29, 0.717) is 50.1 Å². The average molecular weight is 648 g/mol. The highest BCUT2D eigenvalue weighted by Crippen LogP contribution is 2.50. The van der Waals surface area contributed by atoms with Gasteiger partial charge >= 0.3 is 5.97 Å². The van der Waals surface area contributed by atoms with Crippen LogP contribution in [0.15, 0.2) is 0 Å². The molecule has 2 saturated carbocycles. The summed E-state index contributed by atoms with van der Waals surface area (Å²) >= 11 is 0. The number of rotatable bonds is 18. The van der Waals surface area contributed by atoms with Crippen LogP contribution in [0, 0.1) is 29.6 Å². The summed E-state index contributed by atoms with van der Waals surface area (Å²) in [6, 6.07) is -0.875. The van der Waals surface area contributed by atoms with E-state index in [1.165, 1.54) is 0 Å². The maximum atomic E-state index is 13.7. The smallest absolute Gasteiger partial charge is 0.333 e. The van der Waals surface area contributed by atoms with Gasteiger partial charge in [-0.1, -0.05) is 54.9 Å². The maximum Gasteiger partial charge on any atom is 0.333 e. The third-order valence-electron chi connectivity index (χ3n) is 9.35. The standard InChI is InChI=1S/C33H53N5O8/c1-8-25(39)36-33(18-23(33)21(6)7)31(45)35-24(16-19(2)3)29(43)37-32(17-22(32)20(4)5)30(44)34-15-11-9-10-12-28(42)46-38-26(40)13-14-27(38)41/h19-24H,8-18H2,1-7H3,(H,34,44)(H,35,45)(H,36,39)(H,37,43)/t22?,23?,24-,32?,33?/m0/s1. The second kappa shape index (κ2) is 15.4. The molecule has 0 spiro atoms. The van der Waals surface area contributed by atoms with Gasteiger partial charge in [0.1, 0.15) is 17.1 Å². The van der Waals surface area contributed by atoms with Gasteiger partial charge in [-0.2, -0.15) is 0 Å². The molecule has 258 valence electrons. The quantitative estimate of drug-likeness (QED) is 0.129. The number of carbonyl (C=O) groups excluding carboxylic acids is 7. The number of hydroxylamine groups is 2. The molecule has 0 aromatic carbocycles. The van der Waals surface area contributed by atoms with Crippen molar-refractivity contribution in [2.24, 2.45) is 29.6 Å². The maximum absolute atomic E-state index is 13.7. The van der Waals surface area contributed by atoms with Crippen LogP contribution < -0.4 is 21.3 Å². The molecule has 3 fully saturated rings. The summed E-state index contributed by atoms with van der Waals surface area (Å²) in [6.45, 7) is 14.0. The van der Waals surface area contributed by atoms with E-state index in [1.54, 1.807) is 6.92 Å². The minimum absolute atomic E-state index is 0.0271. The van der Waals surface area contributed by atoms with Gasteiger partial charge < -0.3 is 26.1 Å². The molecule has 0 radical (unpaired) electrons. The lowest BCUT2D eigenvalue weighted by Gasteiger charge is -2.28. The molecule has 1 aliphatic heterocycles. The lowest BCUT2D eigenvalue weighted by atomic mass is 9.98. The van der Waals surface area contributed by atoms with Crippen LogP contribution in [0.5, 0.6) is 0 Å². The zero-order valence-corrected chi connectivity index (χ0v) is 28.5. The van der Waals surface area contributed by atoms with E-state index in [0.717, 1.165) is 0 Å². The van der Waals surface area contributed by atoms with Crippen LogP contribution in [0.4, 0.5) is 0 Å². The Morgan fingerprint density at radius 1 is 0.826 bits per heavy atom. The Morgan fingerprint density at radius 3 is 1.89 bits per heavy atom. The molecule has 13 heteroatoms. The van der Waals surface area contributed by atoms with Crippen molar-refractivity contribution in [3.8, 4) is 0 Å². The normalized spacial score (nSPS) is 25.8. The van der Waals surface area contributed by atoms with E-state index in [1.807, 2.05) is 41.5 Å². The van der Waals surface area contributed by atoms with Crippen LogP contribution >= 0.6 is 0 Å². The molecule has 1 heterocycles. The summed E-state index contributed by atoms with van der Waals surface area (Å²) in [7, 11) is 0. The molecule has 0 aromatic rings. The fraction of sp³-hybridized carbons (Fsp3) is 0.788. The second-order valence-electron chi connectivity index (χ2n) is 14.2. The molecular formula is C33H53N5O8. The first kappa shape index (κ1) is 37.0. The van der Waals surface area contributed by atoms with Crippen molar-refractivity contribution in [3.05, 3.63) is 0 Å². The largest absolute Gasteiger partial charge is 0.354 e. The van der Waals surface area contributed by atoms with Gasteiger partial charge in [0.05, 0.1) is 0 Å². The number of amides is 6. The topological polar surface area (TPSA) is 180 Å². The van der Waals surface area contributed by atoms with Crippen molar-refractivity contribution in [2.45, 2.75) is 130 Å². The molecule has 6 amide bonds. The van der Waals surface area contributed by atoms with Gasteiger partial charge in [-0.25, -0.2) is 4.79 Å². The van der Waals surface area contributed by atoms with E-state index in [2.05, 4.69) is 21.3 Å². The van der Waals surface area contributed by atoms with Gasteiger partial charge in [-0.05, 0) is 61.7 Å². The summed E-state index contributed by atoms with van der Waals surface area (Å²) in [6.07, 6.45) is 3.35. The number of nitrogens with one attached hydrogen (secondary N) is 4. The average Bonchev–Trinajstić information content (AvgIpc) is 3.88. The van der Waals surface area contributed by atoms with Gasteiger partial charge in [0, 0.05) is 32.2 Å². The molecular weight excluding hydrogens is 594 g/mol. The molecule has 5 atom stereocenters. The highest BCUT2D eigenvalue weighted by Gasteiger charge is 2.64. The lowest BCUT2D eigenvalue weighted by molar-refractivity contribution is -0.197. The summed E-state index contributed by atoms with van der Waals surface area (Å²) in [5, 5.41) is 12.3. The first-order valence-electron chi connectivity index (χ1n) is 16.9. The summed E-state index contributed by atoms with van der Waals surface area (Å²) in [5.41, 5.74) is -2.12. The van der Waals surface area contributed by atoms with Crippen molar-refractivity contribution >= 4 is 41.4 Å². The molecule has 13 nitrogen and oxygen atoms in total. The third-order valence-corrected chi connectivity index (χ3v) is 9.35. The summed E-state index contributed by atoms with van der Waals surface area (Å²) in [4.78, 5) is 93.2. The number of nitrogens with zero attached hydrogens (tertiary/aromatic N) is 1. The first-order chi connectivity index (χ1) is 21.6. The summed E-state index contributed by atoms with van der Waals surface area (Å²) < 4.78 is 0. The van der Waals surface area contributed by atoms with Crippen LogP contribution in [0.25, 0.3) is 0 Å². The molecule has 3 aliphatic rings. The first-order valence-corrected chi connectivity index (χ1v) is 16.9. The lowest BCUT2D eigenvalue weighted by Crippen LogP contribution is -2.60. The monoisotopic (exact) mass is 647 g/mol. The SMILES string of the molecule is CCC(=O)NC1(C(=O)N[C@@H](CC(C)C)C(=O)NC2(C(=O)NCCCCCC(=O)ON3C(=O)CCC3=O)CC2C(C)C)CC1C(C)C.